The van der Waals surface area contributed by atoms with Gasteiger partial charge in [-0.05, 0) is 46.1 Å². The van der Waals surface area contributed by atoms with Crippen molar-refractivity contribution in [2.45, 2.75) is 32.2 Å². The summed E-state index contributed by atoms with van der Waals surface area (Å²) in [6, 6.07) is 10.9. The van der Waals surface area contributed by atoms with Crippen LogP contribution in [0.2, 0.25) is 5.02 Å². The summed E-state index contributed by atoms with van der Waals surface area (Å²) in [7, 11) is 0. The molecule has 0 bridgehead atoms. The van der Waals surface area contributed by atoms with Crippen molar-refractivity contribution in [2.24, 2.45) is 0 Å². The van der Waals surface area contributed by atoms with E-state index in [9.17, 15) is 0 Å². The summed E-state index contributed by atoms with van der Waals surface area (Å²) in [6.07, 6.45) is 1.05. The lowest BCUT2D eigenvalue weighted by Gasteiger charge is -2.19. The molecule has 0 radical (unpaired) electrons. The second kappa shape index (κ2) is 7.60. The highest BCUT2D eigenvalue weighted by atomic mass is 79.9. The van der Waals surface area contributed by atoms with Crippen LogP contribution in [0.1, 0.15) is 30.2 Å². The van der Waals surface area contributed by atoms with Gasteiger partial charge in [-0.1, -0.05) is 37.6 Å². The van der Waals surface area contributed by atoms with Crippen LogP contribution in [0.4, 0.5) is 0 Å². The first kappa shape index (κ1) is 16.0. The lowest BCUT2D eigenvalue weighted by atomic mass is 9.94. The SMILES string of the molecule is CC(C)NCC(Cc1cc(Br)cs1)c1ccc(Cl)cc1. The molecule has 1 N–H and O–H groups in total. The Morgan fingerprint density at radius 1 is 1.25 bits per heavy atom. The van der Waals surface area contributed by atoms with E-state index in [1.807, 2.05) is 23.5 Å². The van der Waals surface area contributed by atoms with Gasteiger partial charge in [-0.25, -0.2) is 0 Å². The van der Waals surface area contributed by atoms with Crippen molar-refractivity contribution >= 4 is 38.9 Å². The zero-order valence-corrected chi connectivity index (χ0v) is 14.9. The van der Waals surface area contributed by atoms with Crippen molar-refractivity contribution in [3.8, 4) is 0 Å². The average Bonchev–Trinajstić information content (AvgIpc) is 2.81. The first-order valence-electron chi connectivity index (χ1n) is 6.76. The van der Waals surface area contributed by atoms with Crippen LogP contribution in [0.25, 0.3) is 0 Å². The zero-order valence-electron chi connectivity index (χ0n) is 11.7. The molecule has 1 unspecified atom stereocenters. The number of halogens is 2. The minimum absolute atomic E-state index is 0.472. The Balaban J connectivity index is 2.13. The number of nitrogens with one attached hydrogen (secondary N) is 1. The molecule has 0 amide bonds. The normalized spacial score (nSPS) is 12.8. The minimum atomic E-state index is 0.472. The van der Waals surface area contributed by atoms with Crippen LogP contribution in [-0.2, 0) is 6.42 Å². The molecule has 4 heteroatoms. The Morgan fingerprint density at radius 3 is 2.50 bits per heavy atom. The van der Waals surface area contributed by atoms with E-state index in [4.69, 9.17) is 11.6 Å². The molecule has 1 nitrogen and oxygen atoms in total. The van der Waals surface area contributed by atoms with Gasteiger partial charge in [0.1, 0.15) is 0 Å². The lowest BCUT2D eigenvalue weighted by molar-refractivity contribution is 0.528. The summed E-state index contributed by atoms with van der Waals surface area (Å²) in [4.78, 5) is 1.40. The van der Waals surface area contributed by atoms with Crippen LogP contribution in [-0.4, -0.2) is 12.6 Å². The molecule has 0 aliphatic rings. The highest BCUT2D eigenvalue weighted by Gasteiger charge is 2.14. The van der Waals surface area contributed by atoms with Crippen molar-refractivity contribution < 1.29 is 0 Å². The number of thiophene rings is 1. The van der Waals surface area contributed by atoms with Gasteiger partial charge in [0.2, 0.25) is 0 Å². The van der Waals surface area contributed by atoms with E-state index < -0.39 is 0 Å². The van der Waals surface area contributed by atoms with Crippen LogP contribution in [0.5, 0.6) is 0 Å². The van der Waals surface area contributed by atoms with Gasteiger partial charge in [0.15, 0.2) is 0 Å². The molecule has 2 rings (SSSR count). The van der Waals surface area contributed by atoms with Crippen molar-refractivity contribution in [3.05, 3.63) is 55.6 Å². The van der Waals surface area contributed by atoms with E-state index in [2.05, 4.69) is 58.7 Å². The predicted octanol–water partition coefficient (Wildman–Crippen LogP) is 5.49. The van der Waals surface area contributed by atoms with Gasteiger partial charge in [-0.3, -0.25) is 0 Å². The molecular formula is C16H19BrClNS. The fourth-order valence-electron chi connectivity index (χ4n) is 2.12. The fraction of sp³-hybridized carbons (Fsp3) is 0.375. The maximum atomic E-state index is 5.99. The van der Waals surface area contributed by atoms with Crippen LogP contribution in [0.15, 0.2) is 40.2 Å². The van der Waals surface area contributed by atoms with E-state index in [1.165, 1.54) is 14.9 Å². The largest absolute Gasteiger partial charge is 0.314 e. The summed E-state index contributed by atoms with van der Waals surface area (Å²) < 4.78 is 1.17. The molecule has 0 aliphatic carbocycles. The third kappa shape index (κ3) is 4.88. The summed E-state index contributed by atoms with van der Waals surface area (Å²) in [5, 5.41) is 6.48. The summed E-state index contributed by atoms with van der Waals surface area (Å²) in [5.41, 5.74) is 1.34. The first-order valence-corrected chi connectivity index (χ1v) is 8.81. The molecule has 0 spiro atoms. The van der Waals surface area contributed by atoms with Gasteiger partial charge in [0.05, 0.1) is 0 Å². The third-order valence-electron chi connectivity index (χ3n) is 3.18. The van der Waals surface area contributed by atoms with Gasteiger partial charge in [0.25, 0.3) is 0 Å². The van der Waals surface area contributed by atoms with E-state index >= 15 is 0 Å². The quantitative estimate of drug-likeness (QED) is 0.707. The van der Waals surface area contributed by atoms with Crippen molar-refractivity contribution in [1.82, 2.24) is 5.32 Å². The second-order valence-corrected chi connectivity index (χ2v) is 7.59. The van der Waals surface area contributed by atoms with Gasteiger partial charge in [0, 0.05) is 38.3 Å². The maximum absolute atomic E-state index is 5.99. The van der Waals surface area contributed by atoms with Crippen LogP contribution >= 0.6 is 38.9 Å². The molecule has 0 fully saturated rings. The van der Waals surface area contributed by atoms with Crippen molar-refractivity contribution in [3.63, 3.8) is 0 Å². The van der Waals surface area contributed by atoms with E-state index in [-0.39, 0.29) is 0 Å². The van der Waals surface area contributed by atoms with E-state index in [0.717, 1.165) is 18.0 Å². The molecular weight excluding hydrogens is 354 g/mol. The number of rotatable bonds is 6. The minimum Gasteiger partial charge on any atom is -0.314 e. The van der Waals surface area contributed by atoms with Crippen molar-refractivity contribution in [2.75, 3.05) is 6.54 Å². The van der Waals surface area contributed by atoms with Crippen LogP contribution in [0, 0.1) is 0 Å². The van der Waals surface area contributed by atoms with Gasteiger partial charge < -0.3 is 5.32 Å². The Labute approximate surface area is 138 Å². The van der Waals surface area contributed by atoms with Gasteiger partial charge in [-0.2, -0.15) is 0 Å². The maximum Gasteiger partial charge on any atom is 0.0406 e. The molecule has 1 heterocycles. The average molecular weight is 373 g/mol. The Morgan fingerprint density at radius 2 is 1.95 bits per heavy atom. The summed E-state index contributed by atoms with van der Waals surface area (Å²) in [5.74, 6) is 0.472. The van der Waals surface area contributed by atoms with Crippen LogP contribution in [0.3, 0.4) is 0 Å². The van der Waals surface area contributed by atoms with Crippen LogP contribution < -0.4 is 5.32 Å². The van der Waals surface area contributed by atoms with Gasteiger partial charge in [-0.15, -0.1) is 11.3 Å². The Kier molecular flexibility index (Phi) is 6.09. The second-order valence-electron chi connectivity index (χ2n) is 5.25. The number of hydrogen-bond acceptors (Lipinski definition) is 2. The smallest absolute Gasteiger partial charge is 0.0406 e. The molecule has 1 atom stereocenters. The number of hydrogen-bond donors (Lipinski definition) is 1. The Hall–Kier alpha value is -0.350. The highest BCUT2D eigenvalue weighted by Crippen LogP contribution is 2.27. The standard InChI is InChI=1S/C16H19BrClNS/c1-11(2)19-9-13(7-16-8-14(17)10-20-16)12-3-5-15(18)6-4-12/h3-6,8,10-11,13,19H,7,9H2,1-2H3. The molecule has 0 saturated carbocycles. The summed E-state index contributed by atoms with van der Waals surface area (Å²) >= 11 is 11.3. The van der Waals surface area contributed by atoms with E-state index in [1.54, 1.807) is 0 Å². The first-order chi connectivity index (χ1) is 9.54. The Bertz CT molecular complexity index is 536. The number of benzene rings is 1. The predicted molar refractivity (Wildman–Crippen MR) is 93.1 cm³/mol. The fourth-order valence-corrected chi connectivity index (χ4v) is 3.78. The highest BCUT2D eigenvalue weighted by molar-refractivity contribution is 9.10. The zero-order chi connectivity index (χ0) is 14.5. The molecule has 0 saturated heterocycles. The molecule has 20 heavy (non-hydrogen) atoms. The monoisotopic (exact) mass is 371 g/mol. The molecule has 108 valence electrons. The van der Waals surface area contributed by atoms with Gasteiger partial charge >= 0.3 is 0 Å². The van der Waals surface area contributed by atoms with Crippen molar-refractivity contribution in [1.29, 1.82) is 0 Å². The summed E-state index contributed by atoms with van der Waals surface area (Å²) in [6.45, 7) is 5.34. The third-order valence-corrected chi connectivity index (χ3v) is 5.16. The molecule has 0 aliphatic heterocycles. The molecule has 1 aromatic carbocycles. The molecule has 1 aromatic heterocycles. The molecule has 2 aromatic rings. The topological polar surface area (TPSA) is 12.0 Å². The lowest BCUT2D eigenvalue weighted by Crippen LogP contribution is -2.28. The van der Waals surface area contributed by atoms with E-state index in [0.29, 0.717) is 12.0 Å².